The van der Waals surface area contributed by atoms with Gasteiger partial charge >= 0.3 is 0 Å². The fourth-order valence-electron chi connectivity index (χ4n) is 2.00. The highest BCUT2D eigenvalue weighted by Crippen LogP contribution is 2.34. The van der Waals surface area contributed by atoms with Gasteiger partial charge in [-0.3, -0.25) is 0 Å². The van der Waals surface area contributed by atoms with Crippen molar-refractivity contribution in [1.29, 1.82) is 0 Å². The molecule has 0 saturated carbocycles. The van der Waals surface area contributed by atoms with Crippen LogP contribution in [0.15, 0.2) is 18.2 Å². The fourth-order valence-corrected chi connectivity index (χ4v) is 2.00. The van der Waals surface area contributed by atoms with Crippen molar-refractivity contribution < 1.29 is 4.74 Å². The molecule has 1 aromatic carbocycles. The first-order valence-electron chi connectivity index (χ1n) is 4.76. The van der Waals surface area contributed by atoms with Crippen molar-refractivity contribution in [3.63, 3.8) is 0 Å². The van der Waals surface area contributed by atoms with Crippen LogP contribution in [0.5, 0.6) is 5.75 Å². The van der Waals surface area contributed by atoms with Gasteiger partial charge in [0.05, 0.1) is 7.11 Å². The van der Waals surface area contributed by atoms with E-state index in [2.05, 4.69) is 24.4 Å². The zero-order chi connectivity index (χ0) is 9.26. The lowest BCUT2D eigenvalue weighted by atomic mass is 10.0. The van der Waals surface area contributed by atoms with E-state index >= 15 is 0 Å². The monoisotopic (exact) mass is 177 g/mol. The van der Waals surface area contributed by atoms with Gasteiger partial charge in [0.1, 0.15) is 5.75 Å². The zero-order valence-corrected chi connectivity index (χ0v) is 8.13. The van der Waals surface area contributed by atoms with Crippen molar-refractivity contribution in [3.05, 3.63) is 29.3 Å². The number of methoxy groups -OCH3 is 1. The molecule has 0 fully saturated rings. The number of ether oxygens (including phenoxy) is 1. The van der Waals surface area contributed by atoms with Crippen LogP contribution in [0.25, 0.3) is 0 Å². The van der Waals surface area contributed by atoms with Crippen LogP contribution in [0.4, 0.5) is 0 Å². The Morgan fingerprint density at radius 2 is 2.38 bits per heavy atom. The fraction of sp³-hybridized carbons (Fsp3) is 0.455. The molecule has 2 heteroatoms. The van der Waals surface area contributed by atoms with E-state index in [4.69, 9.17) is 4.74 Å². The van der Waals surface area contributed by atoms with Crippen molar-refractivity contribution in [2.75, 3.05) is 7.11 Å². The van der Waals surface area contributed by atoms with Crippen LogP contribution in [0.2, 0.25) is 0 Å². The molecule has 0 aromatic heterocycles. The summed E-state index contributed by atoms with van der Waals surface area (Å²) in [7, 11) is 1.74. The van der Waals surface area contributed by atoms with Crippen LogP contribution in [0.1, 0.15) is 30.5 Å². The normalized spacial score (nSPS) is 20.0. The van der Waals surface area contributed by atoms with Crippen LogP contribution in [-0.2, 0) is 6.54 Å². The molecule has 1 heterocycles. The van der Waals surface area contributed by atoms with Crippen LogP contribution >= 0.6 is 0 Å². The number of rotatable bonds is 2. The number of fused-ring (bicyclic) bond motifs is 1. The predicted molar refractivity (Wildman–Crippen MR) is 52.9 cm³/mol. The van der Waals surface area contributed by atoms with Gasteiger partial charge in [0.15, 0.2) is 0 Å². The van der Waals surface area contributed by atoms with Gasteiger partial charge in [-0.05, 0) is 18.1 Å². The van der Waals surface area contributed by atoms with E-state index < -0.39 is 0 Å². The van der Waals surface area contributed by atoms with Crippen molar-refractivity contribution in [1.82, 2.24) is 5.32 Å². The molecule has 0 radical (unpaired) electrons. The summed E-state index contributed by atoms with van der Waals surface area (Å²) in [6.07, 6.45) is 1.12. The summed E-state index contributed by atoms with van der Waals surface area (Å²) in [5, 5.41) is 3.47. The summed E-state index contributed by atoms with van der Waals surface area (Å²) in [6, 6.07) is 6.73. The molecule has 1 N–H and O–H groups in total. The lowest BCUT2D eigenvalue weighted by Gasteiger charge is -2.12. The van der Waals surface area contributed by atoms with E-state index in [-0.39, 0.29) is 0 Å². The summed E-state index contributed by atoms with van der Waals surface area (Å²) in [5.41, 5.74) is 2.73. The first-order chi connectivity index (χ1) is 6.36. The molecule has 13 heavy (non-hydrogen) atoms. The highest BCUT2D eigenvalue weighted by atomic mass is 16.5. The molecule has 70 valence electrons. The molecule has 1 aliphatic heterocycles. The Hall–Kier alpha value is -1.02. The Morgan fingerprint density at radius 1 is 1.54 bits per heavy atom. The Bertz CT molecular complexity index is 309. The number of hydrogen-bond acceptors (Lipinski definition) is 2. The van der Waals surface area contributed by atoms with Gasteiger partial charge in [0.25, 0.3) is 0 Å². The van der Waals surface area contributed by atoms with Crippen LogP contribution in [0, 0.1) is 0 Å². The maximum absolute atomic E-state index is 5.35. The maximum atomic E-state index is 5.35. The third kappa shape index (κ3) is 1.31. The molecular weight excluding hydrogens is 162 g/mol. The average molecular weight is 177 g/mol. The van der Waals surface area contributed by atoms with Gasteiger partial charge in [-0.15, -0.1) is 0 Å². The Balaban J connectivity index is 2.46. The number of nitrogens with one attached hydrogen (secondary N) is 1. The van der Waals surface area contributed by atoms with Gasteiger partial charge in [0, 0.05) is 18.2 Å². The van der Waals surface area contributed by atoms with E-state index in [1.807, 2.05) is 6.07 Å². The van der Waals surface area contributed by atoms with Crippen LogP contribution in [0.3, 0.4) is 0 Å². The van der Waals surface area contributed by atoms with Crippen molar-refractivity contribution >= 4 is 0 Å². The lowest BCUT2D eigenvalue weighted by Crippen LogP contribution is -2.10. The predicted octanol–water partition coefficient (Wildman–Crippen LogP) is 2.25. The second-order valence-electron chi connectivity index (χ2n) is 3.37. The first kappa shape index (κ1) is 8.57. The van der Waals surface area contributed by atoms with E-state index in [0.717, 1.165) is 18.7 Å². The molecule has 0 amide bonds. The zero-order valence-electron chi connectivity index (χ0n) is 8.13. The highest BCUT2D eigenvalue weighted by Gasteiger charge is 2.23. The van der Waals surface area contributed by atoms with Gasteiger partial charge in [-0.2, -0.15) is 0 Å². The quantitative estimate of drug-likeness (QED) is 0.748. The molecule has 1 atom stereocenters. The number of hydrogen-bond donors (Lipinski definition) is 1. The minimum atomic E-state index is 0.478. The highest BCUT2D eigenvalue weighted by molar-refractivity contribution is 5.45. The molecule has 2 nitrogen and oxygen atoms in total. The smallest absolute Gasteiger partial charge is 0.123 e. The van der Waals surface area contributed by atoms with Gasteiger partial charge in [-0.25, -0.2) is 0 Å². The molecule has 0 bridgehead atoms. The van der Waals surface area contributed by atoms with Crippen molar-refractivity contribution in [2.45, 2.75) is 25.9 Å². The third-order valence-electron chi connectivity index (χ3n) is 2.67. The summed E-state index contributed by atoms with van der Waals surface area (Å²) in [6.45, 7) is 3.17. The molecule has 0 aliphatic carbocycles. The van der Waals surface area contributed by atoms with Crippen molar-refractivity contribution in [3.8, 4) is 5.75 Å². The Morgan fingerprint density at radius 3 is 3.08 bits per heavy atom. The van der Waals surface area contributed by atoms with E-state index in [1.54, 1.807) is 7.11 Å². The van der Waals surface area contributed by atoms with Crippen molar-refractivity contribution in [2.24, 2.45) is 0 Å². The molecule has 2 rings (SSSR count). The minimum Gasteiger partial charge on any atom is -0.496 e. The Labute approximate surface area is 78.9 Å². The minimum absolute atomic E-state index is 0.478. The SMILES string of the molecule is CCC1NCc2cccc(OC)c21. The summed E-state index contributed by atoms with van der Waals surface area (Å²) >= 11 is 0. The molecule has 0 spiro atoms. The maximum Gasteiger partial charge on any atom is 0.123 e. The topological polar surface area (TPSA) is 21.3 Å². The number of benzene rings is 1. The molecule has 1 unspecified atom stereocenters. The summed E-state index contributed by atoms with van der Waals surface area (Å²) in [5.74, 6) is 1.02. The van der Waals surface area contributed by atoms with Gasteiger partial charge < -0.3 is 10.1 Å². The second kappa shape index (κ2) is 3.38. The Kier molecular flexibility index (Phi) is 2.23. The second-order valence-corrected chi connectivity index (χ2v) is 3.37. The molecule has 1 aromatic rings. The van der Waals surface area contributed by atoms with Gasteiger partial charge in [0.2, 0.25) is 0 Å². The standard InChI is InChI=1S/C11H15NO/c1-3-9-11-8(7-12-9)5-4-6-10(11)13-2/h4-6,9,12H,3,7H2,1-2H3. The van der Waals surface area contributed by atoms with Crippen LogP contribution in [-0.4, -0.2) is 7.11 Å². The van der Waals surface area contributed by atoms with Crippen LogP contribution < -0.4 is 10.1 Å². The summed E-state index contributed by atoms with van der Waals surface area (Å²) < 4.78 is 5.35. The molecule has 1 aliphatic rings. The first-order valence-corrected chi connectivity index (χ1v) is 4.76. The lowest BCUT2D eigenvalue weighted by molar-refractivity contribution is 0.403. The third-order valence-corrected chi connectivity index (χ3v) is 2.67. The van der Waals surface area contributed by atoms with Gasteiger partial charge in [-0.1, -0.05) is 19.1 Å². The largest absolute Gasteiger partial charge is 0.496 e. The molecular formula is C11H15NO. The van der Waals surface area contributed by atoms with E-state index in [9.17, 15) is 0 Å². The van der Waals surface area contributed by atoms with E-state index in [1.165, 1.54) is 11.1 Å². The molecule has 0 saturated heterocycles. The average Bonchev–Trinajstić information content (AvgIpc) is 2.60. The van der Waals surface area contributed by atoms with E-state index in [0.29, 0.717) is 6.04 Å². The summed E-state index contributed by atoms with van der Waals surface area (Å²) in [4.78, 5) is 0.